The summed E-state index contributed by atoms with van der Waals surface area (Å²) < 4.78 is 0. The number of hydrogen-bond donors (Lipinski definition) is 0. The van der Waals surface area contributed by atoms with E-state index in [0.29, 0.717) is 17.8 Å². The number of allylic oxidation sites excluding steroid dienone is 8. The second-order valence-corrected chi connectivity index (χ2v) is 10.2. The molecule has 0 spiro atoms. The van der Waals surface area contributed by atoms with Crippen LogP contribution in [-0.4, -0.2) is 0 Å². The van der Waals surface area contributed by atoms with Gasteiger partial charge in [0.1, 0.15) is 0 Å². The van der Waals surface area contributed by atoms with Crippen molar-refractivity contribution in [2.75, 3.05) is 0 Å². The highest BCUT2D eigenvalue weighted by Crippen LogP contribution is 2.62. The van der Waals surface area contributed by atoms with E-state index < -0.39 is 0 Å². The van der Waals surface area contributed by atoms with E-state index in [1.807, 2.05) is 0 Å². The van der Waals surface area contributed by atoms with Gasteiger partial charge in [0, 0.05) is 17.3 Å². The zero-order valence-corrected chi connectivity index (χ0v) is 20.3. The first-order valence-corrected chi connectivity index (χ1v) is 12.6. The third kappa shape index (κ3) is 2.91. The predicted octanol–water partition coefficient (Wildman–Crippen LogP) is 8.70. The molecule has 0 amide bonds. The maximum Gasteiger partial charge on any atom is 0.0497 e. The largest absolute Gasteiger partial charge is 0.0839 e. The van der Waals surface area contributed by atoms with Gasteiger partial charge >= 0.3 is 0 Å². The van der Waals surface area contributed by atoms with Crippen LogP contribution in [0.1, 0.15) is 48.4 Å². The Morgan fingerprint density at radius 2 is 1.38 bits per heavy atom. The molecule has 3 unspecified atom stereocenters. The maximum absolute atomic E-state index is 2.45. The first kappa shape index (κ1) is 21.2. The highest BCUT2D eigenvalue weighted by molar-refractivity contribution is 5.84. The summed E-state index contributed by atoms with van der Waals surface area (Å²) in [4.78, 5) is 0. The van der Waals surface area contributed by atoms with Crippen LogP contribution < -0.4 is 0 Å². The third-order valence-corrected chi connectivity index (χ3v) is 8.56. The molecule has 0 heterocycles. The molecule has 0 radical (unpaired) electrons. The van der Waals surface area contributed by atoms with Gasteiger partial charge in [-0.3, -0.25) is 0 Å². The number of rotatable bonds is 3. The summed E-state index contributed by atoms with van der Waals surface area (Å²) in [6, 6.07) is 27.2. The lowest BCUT2D eigenvalue weighted by Crippen LogP contribution is -2.41. The Morgan fingerprint density at radius 3 is 2.06 bits per heavy atom. The lowest BCUT2D eigenvalue weighted by Gasteiger charge is -2.47. The second-order valence-electron chi connectivity index (χ2n) is 10.2. The van der Waals surface area contributed by atoms with Gasteiger partial charge in [-0.1, -0.05) is 127 Å². The maximum atomic E-state index is 2.45. The van der Waals surface area contributed by atoms with E-state index in [-0.39, 0.29) is 5.41 Å². The Hall–Kier alpha value is -3.38. The highest BCUT2D eigenvalue weighted by atomic mass is 14.5. The number of hydrogen-bond acceptors (Lipinski definition) is 0. The van der Waals surface area contributed by atoms with E-state index in [1.54, 1.807) is 5.57 Å². The van der Waals surface area contributed by atoms with Crippen molar-refractivity contribution >= 4 is 0 Å². The summed E-state index contributed by atoms with van der Waals surface area (Å²) in [6.45, 7) is 7.04. The molecule has 0 nitrogen and oxygen atoms in total. The molecule has 3 atom stereocenters. The van der Waals surface area contributed by atoms with Gasteiger partial charge in [-0.2, -0.15) is 0 Å². The minimum absolute atomic E-state index is 0.163. The average Bonchev–Trinajstić information content (AvgIpc) is 3.16. The second kappa shape index (κ2) is 8.13. The number of fused-ring (bicyclic) bond motifs is 3. The van der Waals surface area contributed by atoms with E-state index in [1.165, 1.54) is 39.0 Å². The third-order valence-electron chi connectivity index (χ3n) is 8.56. The van der Waals surface area contributed by atoms with Crippen LogP contribution in [0, 0.1) is 18.8 Å². The molecular weight excluding hydrogens is 408 g/mol. The van der Waals surface area contributed by atoms with Crippen LogP contribution in [0.25, 0.3) is 11.1 Å². The molecule has 3 aliphatic rings. The summed E-state index contributed by atoms with van der Waals surface area (Å²) in [7, 11) is 0. The fourth-order valence-electron chi connectivity index (χ4n) is 7.03. The minimum atomic E-state index is -0.163. The molecule has 0 N–H and O–H groups in total. The summed E-state index contributed by atoms with van der Waals surface area (Å²) in [5, 5.41) is 0. The molecule has 3 aromatic rings. The first-order valence-electron chi connectivity index (χ1n) is 12.6. The quantitative estimate of drug-likeness (QED) is 0.382. The van der Waals surface area contributed by atoms with Crippen molar-refractivity contribution < 1.29 is 0 Å². The van der Waals surface area contributed by atoms with E-state index in [0.717, 1.165) is 6.42 Å². The molecule has 0 aliphatic heterocycles. The summed E-state index contributed by atoms with van der Waals surface area (Å²) in [5.41, 5.74) is 11.4. The van der Waals surface area contributed by atoms with Crippen LogP contribution in [0.15, 0.2) is 120 Å². The molecule has 34 heavy (non-hydrogen) atoms. The van der Waals surface area contributed by atoms with Gasteiger partial charge in [0.25, 0.3) is 0 Å². The van der Waals surface area contributed by atoms with Gasteiger partial charge < -0.3 is 0 Å². The SMILES string of the molecule is CC1=CC=CCC1C1(C2=CC=CC(c3ccccc3C)C2C)c2ccccc2-c2ccccc21. The topological polar surface area (TPSA) is 0 Å². The van der Waals surface area contributed by atoms with Gasteiger partial charge in [0.2, 0.25) is 0 Å². The Labute approximate surface area is 204 Å². The fourth-order valence-corrected chi connectivity index (χ4v) is 7.03. The van der Waals surface area contributed by atoms with E-state index >= 15 is 0 Å². The van der Waals surface area contributed by atoms with Crippen molar-refractivity contribution in [1.29, 1.82) is 0 Å². The first-order chi connectivity index (χ1) is 16.6. The summed E-state index contributed by atoms with van der Waals surface area (Å²) in [6.07, 6.45) is 15.2. The normalized spacial score (nSPS) is 24.3. The summed E-state index contributed by atoms with van der Waals surface area (Å²) in [5.74, 6) is 1.17. The van der Waals surface area contributed by atoms with Gasteiger partial charge in [-0.15, -0.1) is 0 Å². The van der Waals surface area contributed by atoms with Crippen LogP contribution >= 0.6 is 0 Å². The smallest absolute Gasteiger partial charge is 0.0497 e. The molecule has 6 rings (SSSR count). The van der Waals surface area contributed by atoms with Crippen LogP contribution in [0.3, 0.4) is 0 Å². The van der Waals surface area contributed by atoms with Crippen molar-refractivity contribution in [3.63, 3.8) is 0 Å². The predicted molar refractivity (Wildman–Crippen MR) is 144 cm³/mol. The Morgan fingerprint density at radius 1 is 0.735 bits per heavy atom. The van der Waals surface area contributed by atoms with Crippen molar-refractivity contribution in [2.24, 2.45) is 11.8 Å². The van der Waals surface area contributed by atoms with Gasteiger partial charge in [0.15, 0.2) is 0 Å². The Kier molecular flexibility index (Phi) is 5.06. The van der Waals surface area contributed by atoms with Gasteiger partial charge in [-0.05, 0) is 59.6 Å². The molecule has 3 aliphatic carbocycles. The molecule has 0 bridgehead atoms. The molecule has 0 aromatic heterocycles. The Bertz CT molecular complexity index is 1330. The molecule has 0 saturated carbocycles. The Balaban J connectivity index is 1.63. The van der Waals surface area contributed by atoms with Crippen molar-refractivity contribution in [3.05, 3.63) is 143 Å². The van der Waals surface area contributed by atoms with Gasteiger partial charge in [-0.25, -0.2) is 0 Å². The number of aryl methyl sites for hydroxylation is 1. The molecule has 0 heteroatoms. The van der Waals surface area contributed by atoms with Crippen LogP contribution in [-0.2, 0) is 5.41 Å². The van der Waals surface area contributed by atoms with E-state index in [9.17, 15) is 0 Å². The van der Waals surface area contributed by atoms with Crippen LogP contribution in [0.5, 0.6) is 0 Å². The van der Waals surface area contributed by atoms with Crippen molar-refractivity contribution in [1.82, 2.24) is 0 Å². The van der Waals surface area contributed by atoms with E-state index in [4.69, 9.17) is 0 Å². The number of benzene rings is 3. The zero-order chi connectivity index (χ0) is 23.3. The lowest BCUT2D eigenvalue weighted by molar-refractivity contribution is 0.378. The monoisotopic (exact) mass is 440 g/mol. The summed E-state index contributed by atoms with van der Waals surface area (Å²) >= 11 is 0. The molecule has 0 saturated heterocycles. The van der Waals surface area contributed by atoms with E-state index in [2.05, 4.69) is 130 Å². The fraction of sp³-hybridized carbons (Fsp3) is 0.235. The van der Waals surface area contributed by atoms with Crippen LogP contribution in [0.4, 0.5) is 0 Å². The average molecular weight is 441 g/mol. The molecule has 168 valence electrons. The van der Waals surface area contributed by atoms with Crippen molar-refractivity contribution in [2.45, 2.75) is 38.5 Å². The minimum Gasteiger partial charge on any atom is -0.0839 e. The standard InChI is InChI=1S/C34H32/c1-23-13-4-6-15-26(23)27-18-12-22-31(25(27)3)34(30-19-9-5-14-24(30)2)32-20-10-7-16-28(32)29-17-8-11-21-33(29)34/h4-18,20-22,25,27,30H,19H2,1-3H3. The van der Waals surface area contributed by atoms with Crippen molar-refractivity contribution in [3.8, 4) is 11.1 Å². The molecular formula is C34H32. The zero-order valence-electron chi connectivity index (χ0n) is 20.3. The molecule has 0 fully saturated rings. The lowest BCUT2D eigenvalue weighted by atomic mass is 9.55. The highest BCUT2D eigenvalue weighted by Gasteiger charge is 2.53. The van der Waals surface area contributed by atoms with Gasteiger partial charge in [0.05, 0.1) is 0 Å². The molecule has 3 aromatic carbocycles. The van der Waals surface area contributed by atoms with Crippen LogP contribution in [0.2, 0.25) is 0 Å².